The van der Waals surface area contributed by atoms with Crippen molar-refractivity contribution >= 4 is 10.0 Å². The summed E-state index contributed by atoms with van der Waals surface area (Å²) in [6, 6.07) is 1.95. The zero-order valence-electron chi connectivity index (χ0n) is 9.24. The molecule has 0 bridgehead atoms. The molecule has 0 aliphatic rings. The average molecular weight is 218 g/mol. The van der Waals surface area contributed by atoms with Crippen LogP contribution in [-0.4, -0.2) is 30.6 Å². The summed E-state index contributed by atoms with van der Waals surface area (Å²) in [7, 11) is -3.28. The van der Waals surface area contributed by atoms with Crippen LogP contribution in [0, 0.1) is 11.3 Å². The fraction of sp³-hybridized carbons (Fsp3) is 0.889. The molecule has 5 heteroatoms. The molecule has 4 nitrogen and oxygen atoms in total. The van der Waals surface area contributed by atoms with Crippen molar-refractivity contribution in [3.8, 4) is 6.07 Å². The third-order valence-corrected chi connectivity index (χ3v) is 4.61. The van der Waals surface area contributed by atoms with E-state index in [4.69, 9.17) is 5.26 Å². The van der Waals surface area contributed by atoms with E-state index in [-0.39, 0.29) is 13.0 Å². The molecule has 0 aromatic rings. The van der Waals surface area contributed by atoms with Crippen LogP contribution in [0.5, 0.6) is 0 Å². The van der Waals surface area contributed by atoms with E-state index >= 15 is 0 Å². The van der Waals surface area contributed by atoms with E-state index in [2.05, 4.69) is 0 Å². The maximum absolute atomic E-state index is 11.9. The Morgan fingerprint density at radius 2 is 1.86 bits per heavy atom. The molecule has 0 N–H and O–H groups in total. The van der Waals surface area contributed by atoms with Crippen LogP contribution < -0.4 is 0 Å². The van der Waals surface area contributed by atoms with Gasteiger partial charge in [-0.3, -0.25) is 0 Å². The van der Waals surface area contributed by atoms with Gasteiger partial charge in [-0.15, -0.1) is 0 Å². The first-order valence-electron chi connectivity index (χ1n) is 4.64. The van der Waals surface area contributed by atoms with Crippen molar-refractivity contribution in [2.24, 2.45) is 0 Å². The monoisotopic (exact) mass is 218 g/mol. The first-order chi connectivity index (χ1) is 6.27. The molecular formula is C9H18N2O2S. The lowest BCUT2D eigenvalue weighted by atomic mass is 10.3. The van der Waals surface area contributed by atoms with Crippen LogP contribution in [0.2, 0.25) is 0 Å². The second-order valence-electron chi connectivity index (χ2n) is 4.02. The van der Waals surface area contributed by atoms with Crippen molar-refractivity contribution in [2.45, 2.75) is 38.9 Å². The summed E-state index contributed by atoms with van der Waals surface area (Å²) in [5.74, 6) is 0. The number of sulfonamides is 1. The Morgan fingerprint density at radius 1 is 1.36 bits per heavy atom. The van der Waals surface area contributed by atoms with E-state index in [9.17, 15) is 8.42 Å². The third-order valence-electron chi connectivity index (χ3n) is 1.94. The predicted molar refractivity (Wildman–Crippen MR) is 56.1 cm³/mol. The van der Waals surface area contributed by atoms with Crippen LogP contribution in [0.3, 0.4) is 0 Å². The highest BCUT2D eigenvalue weighted by Gasteiger charge is 2.33. The highest BCUT2D eigenvalue weighted by Crippen LogP contribution is 2.19. The zero-order chi connectivity index (χ0) is 11.4. The molecule has 0 aliphatic heterocycles. The summed E-state index contributed by atoms with van der Waals surface area (Å²) >= 11 is 0. The molecule has 0 fully saturated rings. The average Bonchev–Trinajstić information content (AvgIpc) is 2.03. The maximum atomic E-state index is 11.9. The number of nitriles is 1. The van der Waals surface area contributed by atoms with Gasteiger partial charge in [0, 0.05) is 19.5 Å². The van der Waals surface area contributed by atoms with Gasteiger partial charge in [-0.1, -0.05) is 6.92 Å². The van der Waals surface area contributed by atoms with E-state index in [0.717, 1.165) is 0 Å². The summed E-state index contributed by atoms with van der Waals surface area (Å²) in [5, 5.41) is 8.41. The summed E-state index contributed by atoms with van der Waals surface area (Å²) in [6.45, 7) is 7.47. The Kier molecular flexibility index (Phi) is 4.56. The Balaban J connectivity index is 4.79. The molecule has 0 amide bonds. The lowest BCUT2D eigenvalue weighted by Gasteiger charge is -2.28. The maximum Gasteiger partial charge on any atom is 0.219 e. The summed E-state index contributed by atoms with van der Waals surface area (Å²) < 4.78 is 24.4. The van der Waals surface area contributed by atoms with Crippen molar-refractivity contribution in [1.82, 2.24) is 4.31 Å². The molecule has 0 heterocycles. The highest BCUT2D eigenvalue weighted by atomic mass is 32.2. The molecule has 0 aromatic heterocycles. The SMILES string of the molecule is CCN(CCC#N)S(=O)(=O)C(C)(C)C. The van der Waals surface area contributed by atoms with E-state index < -0.39 is 14.8 Å². The van der Waals surface area contributed by atoms with Crippen LogP contribution in [0.4, 0.5) is 0 Å². The smallest absolute Gasteiger partial charge is 0.212 e. The molecule has 14 heavy (non-hydrogen) atoms. The van der Waals surface area contributed by atoms with Crippen molar-refractivity contribution in [2.75, 3.05) is 13.1 Å². The van der Waals surface area contributed by atoms with Gasteiger partial charge in [-0.25, -0.2) is 12.7 Å². The first kappa shape index (κ1) is 13.4. The van der Waals surface area contributed by atoms with Gasteiger partial charge in [-0.05, 0) is 20.8 Å². The highest BCUT2D eigenvalue weighted by molar-refractivity contribution is 7.90. The van der Waals surface area contributed by atoms with E-state index in [1.807, 2.05) is 6.07 Å². The Labute approximate surface area is 86.6 Å². The fourth-order valence-electron chi connectivity index (χ4n) is 1.01. The van der Waals surface area contributed by atoms with E-state index in [1.54, 1.807) is 27.7 Å². The zero-order valence-corrected chi connectivity index (χ0v) is 10.1. The Morgan fingerprint density at radius 3 is 2.14 bits per heavy atom. The number of rotatable bonds is 4. The second-order valence-corrected chi connectivity index (χ2v) is 6.71. The molecule has 0 saturated carbocycles. The Bertz CT molecular complexity index is 309. The topological polar surface area (TPSA) is 61.2 Å². The van der Waals surface area contributed by atoms with Gasteiger partial charge in [-0.2, -0.15) is 5.26 Å². The largest absolute Gasteiger partial charge is 0.219 e. The van der Waals surface area contributed by atoms with Crippen molar-refractivity contribution in [3.05, 3.63) is 0 Å². The van der Waals surface area contributed by atoms with Gasteiger partial charge in [0.25, 0.3) is 0 Å². The normalized spacial score (nSPS) is 12.9. The summed E-state index contributed by atoms with van der Waals surface area (Å²) in [6.07, 6.45) is 0.239. The van der Waals surface area contributed by atoms with Crippen LogP contribution in [0.1, 0.15) is 34.1 Å². The quantitative estimate of drug-likeness (QED) is 0.715. The summed E-state index contributed by atoms with van der Waals surface area (Å²) in [4.78, 5) is 0. The molecular weight excluding hydrogens is 200 g/mol. The minimum absolute atomic E-state index is 0.239. The minimum atomic E-state index is -3.28. The minimum Gasteiger partial charge on any atom is -0.212 e. The Hall–Kier alpha value is -0.600. The summed E-state index contributed by atoms with van der Waals surface area (Å²) in [5.41, 5.74) is 0. The van der Waals surface area contributed by atoms with Gasteiger partial charge in [0.05, 0.1) is 10.8 Å². The first-order valence-corrected chi connectivity index (χ1v) is 6.08. The van der Waals surface area contributed by atoms with Gasteiger partial charge >= 0.3 is 0 Å². The number of hydrogen-bond acceptors (Lipinski definition) is 3. The standard InChI is InChI=1S/C9H18N2O2S/c1-5-11(8-6-7-10)14(12,13)9(2,3)4/h5-6,8H2,1-4H3. The molecule has 82 valence electrons. The molecule has 0 saturated heterocycles. The molecule has 0 aliphatic carbocycles. The van der Waals surface area contributed by atoms with E-state index in [1.165, 1.54) is 4.31 Å². The molecule has 0 radical (unpaired) electrons. The molecule has 0 unspecified atom stereocenters. The molecule has 0 spiro atoms. The third kappa shape index (κ3) is 2.96. The van der Waals surface area contributed by atoms with E-state index in [0.29, 0.717) is 6.54 Å². The van der Waals surface area contributed by atoms with Crippen LogP contribution >= 0.6 is 0 Å². The van der Waals surface area contributed by atoms with Gasteiger partial charge in [0.1, 0.15) is 0 Å². The van der Waals surface area contributed by atoms with Crippen molar-refractivity contribution in [3.63, 3.8) is 0 Å². The second kappa shape index (κ2) is 4.76. The lowest BCUT2D eigenvalue weighted by Crippen LogP contribution is -2.43. The molecule has 0 aromatic carbocycles. The van der Waals surface area contributed by atoms with Gasteiger partial charge in [0.15, 0.2) is 0 Å². The van der Waals surface area contributed by atoms with Crippen LogP contribution in [-0.2, 0) is 10.0 Å². The number of hydrogen-bond donors (Lipinski definition) is 0. The fourth-order valence-corrected chi connectivity index (χ4v) is 2.46. The van der Waals surface area contributed by atoms with Crippen molar-refractivity contribution in [1.29, 1.82) is 5.26 Å². The van der Waals surface area contributed by atoms with Gasteiger partial charge < -0.3 is 0 Å². The van der Waals surface area contributed by atoms with Crippen LogP contribution in [0.15, 0.2) is 0 Å². The van der Waals surface area contributed by atoms with Crippen LogP contribution in [0.25, 0.3) is 0 Å². The molecule has 0 atom stereocenters. The molecule has 0 rings (SSSR count). The van der Waals surface area contributed by atoms with Gasteiger partial charge in [0.2, 0.25) is 10.0 Å². The number of nitrogens with zero attached hydrogens (tertiary/aromatic N) is 2. The predicted octanol–water partition coefficient (Wildman–Crippen LogP) is 1.35. The van der Waals surface area contributed by atoms with Crippen molar-refractivity contribution < 1.29 is 8.42 Å². The lowest BCUT2D eigenvalue weighted by molar-refractivity contribution is 0.415.